The lowest BCUT2D eigenvalue weighted by Gasteiger charge is -2.20. The molecule has 1 N–H and O–H groups in total. The molecule has 3 rings (SSSR count). The van der Waals surface area contributed by atoms with Crippen molar-refractivity contribution in [1.29, 1.82) is 0 Å². The highest BCUT2D eigenvalue weighted by molar-refractivity contribution is 5.94. The molecule has 0 unspecified atom stereocenters. The number of fused-ring (bicyclic) bond motifs is 1. The highest BCUT2D eigenvalue weighted by Crippen LogP contribution is 2.28. The molecule has 0 spiro atoms. The van der Waals surface area contributed by atoms with Crippen molar-refractivity contribution in [2.45, 2.75) is 33.9 Å². The summed E-state index contributed by atoms with van der Waals surface area (Å²) in [6.07, 6.45) is 0. The van der Waals surface area contributed by atoms with Gasteiger partial charge in [0.15, 0.2) is 0 Å². The Balaban J connectivity index is 1.65. The van der Waals surface area contributed by atoms with Crippen molar-refractivity contribution >= 4 is 11.6 Å². The highest BCUT2D eigenvalue weighted by atomic mass is 16.1. The molecule has 0 aromatic heterocycles. The van der Waals surface area contributed by atoms with Crippen molar-refractivity contribution < 1.29 is 4.79 Å². The largest absolute Gasteiger partial charge is 0.363 e. The normalized spacial score (nSPS) is 13.8. The monoisotopic (exact) mass is 308 g/mol. The minimum atomic E-state index is -0.00353. The van der Waals surface area contributed by atoms with Crippen molar-refractivity contribution in [3.05, 3.63) is 65.2 Å². The predicted octanol–water partition coefficient (Wildman–Crippen LogP) is 3.98. The van der Waals surface area contributed by atoms with Crippen LogP contribution in [0.15, 0.2) is 48.5 Å². The average Bonchev–Trinajstić information content (AvgIpc) is 2.96. The predicted molar refractivity (Wildman–Crippen MR) is 94.6 cm³/mol. The van der Waals surface area contributed by atoms with Gasteiger partial charge in [-0.2, -0.15) is 0 Å². The number of anilines is 1. The Morgan fingerprint density at radius 3 is 2.09 bits per heavy atom. The molecular weight excluding hydrogens is 284 g/mol. The number of hydrogen-bond donors (Lipinski definition) is 1. The molecule has 0 aliphatic carbocycles. The summed E-state index contributed by atoms with van der Waals surface area (Å²) in [4.78, 5) is 14.5. The van der Waals surface area contributed by atoms with Gasteiger partial charge in [-0.25, -0.2) is 0 Å². The Morgan fingerprint density at radius 2 is 1.57 bits per heavy atom. The maximum atomic E-state index is 12.2. The second-order valence-electron chi connectivity index (χ2n) is 7.41. The van der Waals surface area contributed by atoms with Gasteiger partial charge in [0.25, 0.3) is 5.91 Å². The van der Waals surface area contributed by atoms with Gasteiger partial charge in [-0.3, -0.25) is 4.79 Å². The third-order valence-corrected chi connectivity index (χ3v) is 4.11. The molecule has 0 radical (unpaired) electrons. The van der Waals surface area contributed by atoms with Gasteiger partial charge in [0.2, 0.25) is 0 Å². The fourth-order valence-electron chi connectivity index (χ4n) is 2.79. The van der Waals surface area contributed by atoms with Gasteiger partial charge in [0.05, 0.1) is 0 Å². The summed E-state index contributed by atoms with van der Waals surface area (Å²) in [5.41, 5.74) is 4.75. The molecule has 1 amide bonds. The fourth-order valence-corrected chi connectivity index (χ4v) is 2.79. The van der Waals surface area contributed by atoms with Crippen LogP contribution in [0.1, 0.15) is 42.3 Å². The van der Waals surface area contributed by atoms with Crippen LogP contribution < -0.4 is 10.2 Å². The molecule has 0 atom stereocenters. The molecule has 2 aromatic carbocycles. The van der Waals surface area contributed by atoms with Crippen LogP contribution in [-0.4, -0.2) is 12.5 Å². The summed E-state index contributed by atoms with van der Waals surface area (Å²) in [5.74, 6) is -0.00353. The van der Waals surface area contributed by atoms with Crippen LogP contribution in [-0.2, 0) is 13.1 Å². The molecule has 0 bridgehead atoms. The van der Waals surface area contributed by atoms with Crippen LogP contribution in [0.2, 0.25) is 0 Å². The van der Waals surface area contributed by atoms with Crippen LogP contribution in [0.4, 0.5) is 5.69 Å². The lowest BCUT2D eigenvalue weighted by Crippen LogP contribution is -2.32. The summed E-state index contributed by atoms with van der Waals surface area (Å²) in [6.45, 7) is 8.89. The van der Waals surface area contributed by atoms with E-state index in [1.807, 2.05) is 24.3 Å². The van der Waals surface area contributed by atoms with Crippen molar-refractivity contribution in [2.24, 2.45) is 5.41 Å². The van der Waals surface area contributed by atoms with Gasteiger partial charge >= 0.3 is 0 Å². The third kappa shape index (κ3) is 3.73. The number of rotatable bonds is 3. The molecule has 1 heterocycles. The van der Waals surface area contributed by atoms with E-state index in [2.05, 4.69) is 55.3 Å². The second kappa shape index (κ2) is 6.07. The molecule has 0 saturated heterocycles. The van der Waals surface area contributed by atoms with E-state index in [9.17, 15) is 4.79 Å². The minimum Gasteiger partial charge on any atom is -0.363 e. The molecule has 3 nitrogen and oxygen atoms in total. The molecule has 0 saturated carbocycles. The van der Waals surface area contributed by atoms with E-state index < -0.39 is 0 Å². The first-order valence-electron chi connectivity index (χ1n) is 8.12. The molecule has 2 aromatic rings. The van der Waals surface area contributed by atoms with Gasteiger partial charge in [0.1, 0.15) is 0 Å². The van der Waals surface area contributed by atoms with Gasteiger partial charge in [0, 0.05) is 30.9 Å². The van der Waals surface area contributed by atoms with E-state index in [-0.39, 0.29) is 11.3 Å². The quantitative estimate of drug-likeness (QED) is 0.930. The number of amides is 1. The van der Waals surface area contributed by atoms with Crippen LogP contribution in [0, 0.1) is 5.41 Å². The topological polar surface area (TPSA) is 32.3 Å². The van der Waals surface area contributed by atoms with E-state index >= 15 is 0 Å². The summed E-state index contributed by atoms with van der Waals surface area (Å²) in [7, 11) is 0. The van der Waals surface area contributed by atoms with Crippen LogP contribution >= 0.6 is 0 Å². The Hall–Kier alpha value is -2.29. The number of carbonyl (C=O) groups is 1. The number of nitrogens with one attached hydrogen (secondary N) is 1. The lowest BCUT2D eigenvalue weighted by atomic mass is 9.97. The number of nitrogens with zero attached hydrogens (tertiary/aromatic N) is 1. The molecule has 23 heavy (non-hydrogen) atoms. The second-order valence-corrected chi connectivity index (χ2v) is 7.41. The Bertz CT molecular complexity index is 673. The zero-order chi connectivity index (χ0) is 16.4. The van der Waals surface area contributed by atoms with Crippen molar-refractivity contribution in [1.82, 2.24) is 5.32 Å². The maximum Gasteiger partial charge on any atom is 0.251 e. The molecule has 3 heteroatoms. The average molecular weight is 308 g/mol. The molecule has 1 aliphatic rings. The van der Waals surface area contributed by atoms with Gasteiger partial charge in [-0.1, -0.05) is 45.0 Å². The highest BCUT2D eigenvalue weighted by Gasteiger charge is 2.19. The van der Waals surface area contributed by atoms with Crippen molar-refractivity contribution in [2.75, 3.05) is 11.4 Å². The summed E-state index contributed by atoms with van der Waals surface area (Å²) < 4.78 is 0. The number of hydrogen-bond acceptors (Lipinski definition) is 2. The molecular formula is C20H24N2O. The molecule has 120 valence electrons. The third-order valence-electron chi connectivity index (χ3n) is 4.11. The first-order valence-corrected chi connectivity index (χ1v) is 8.12. The van der Waals surface area contributed by atoms with Crippen LogP contribution in [0.3, 0.4) is 0 Å². The smallest absolute Gasteiger partial charge is 0.251 e. The fraction of sp³-hybridized carbons (Fsp3) is 0.350. The zero-order valence-electron chi connectivity index (χ0n) is 14.1. The van der Waals surface area contributed by atoms with E-state index in [0.29, 0.717) is 6.54 Å². The van der Waals surface area contributed by atoms with Crippen LogP contribution in [0.5, 0.6) is 0 Å². The summed E-state index contributed by atoms with van der Waals surface area (Å²) >= 11 is 0. The van der Waals surface area contributed by atoms with E-state index in [1.165, 1.54) is 11.1 Å². The van der Waals surface area contributed by atoms with E-state index in [0.717, 1.165) is 24.3 Å². The SMILES string of the molecule is CC(C)(C)CNC(=O)c1ccc(N2Cc3ccccc3C2)cc1. The van der Waals surface area contributed by atoms with Crippen molar-refractivity contribution in [3.63, 3.8) is 0 Å². The zero-order valence-corrected chi connectivity index (χ0v) is 14.1. The Morgan fingerprint density at radius 1 is 1.00 bits per heavy atom. The van der Waals surface area contributed by atoms with E-state index in [1.54, 1.807) is 0 Å². The van der Waals surface area contributed by atoms with Gasteiger partial charge in [-0.05, 0) is 40.8 Å². The number of benzene rings is 2. The molecule has 1 aliphatic heterocycles. The van der Waals surface area contributed by atoms with Crippen LogP contribution in [0.25, 0.3) is 0 Å². The van der Waals surface area contributed by atoms with Crippen molar-refractivity contribution in [3.8, 4) is 0 Å². The minimum absolute atomic E-state index is 0.00353. The first kappa shape index (κ1) is 15.6. The maximum absolute atomic E-state index is 12.2. The van der Waals surface area contributed by atoms with Gasteiger partial charge in [-0.15, -0.1) is 0 Å². The first-order chi connectivity index (χ1) is 10.9. The van der Waals surface area contributed by atoms with E-state index in [4.69, 9.17) is 0 Å². The summed E-state index contributed by atoms with van der Waals surface area (Å²) in [5, 5.41) is 2.99. The summed E-state index contributed by atoms with van der Waals surface area (Å²) in [6, 6.07) is 16.5. The lowest BCUT2D eigenvalue weighted by molar-refractivity contribution is 0.0939. The Labute approximate surface area is 138 Å². The number of carbonyl (C=O) groups excluding carboxylic acids is 1. The van der Waals surface area contributed by atoms with Gasteiger partial charge < -0.3 is 10.2 Å². The standard InChI is InChI=1S/C20H24N2O/c1-20(2,3)14-21-19(23)15-8-10-18(11-9-15)22-12-16-6-4-5-7-17(16)13-22/h4-11H,12-14H2,1-3H3,(H,21,23). The Kier molecular flexibility index (Phi) is 4.12. The molecule has 0 fully saturated rings.